The van der Waals surface area contributed by atoms with Crippen molar-refractivity contribution in [3.8, 4) is 17.1 Å². The SMILES string of the molecule is CCn1cc(-n2c(-c3ccncc3)n[nH]c2=S)cn1. The highest BCUT2D eigenvalue weighted by atomic mass is 32.1. The first-order chi connectivity index (χ1) is 9.29. The second kappa shape index (κ2) is 4.77. The number of nitrogens with zero attached hydrogens (tertiary/aromatic N) is 5. The zero-order valence-corrected chi connectivity index (χ0v) is 11.1. The second-order valence-corrected chi connectivity index (χ2v) is 4.36. The van der Waals surface area contributed by atoms with Gasteiger partial charge in [-0.2, -0.15) is 10.2 Å². The molecule has 0 aliphatic carbocycles. The standard InChI is InChI=1S/C12H12N6S/c1-2-17-8-10(7-14-17)18-11(15-16-12(18)19)9-3-5-13-6-4-9/h3-8H,2H2,1H3,(H,16,19). The van der Waals surface area contributed by atoms with Crippen LogP contribution in [0.1, 0.15) is 6.92 Å². The molecule has 6 nitrogen and oxygen atoms in total. The van der Waals surface area contributed by atoms with Crippen LogP contribution in [0.25, 0.3) is 17.1 Å². The van der Waals surface area contributed by atoms with Crippen LogP contribution in [0.5, 0.6) is 0 Å². The summed E-state index contributed by atoms with van der Waals surface area (Å²) in [7, 11) is 0. The summed E-state index contributed by atoms with van der Waals surface area (Å²) in [6.07, 6.45) is 7.18. The van der Waals surface area contributed by atoms with E-state index in [0.29, 0.717) is 4.77 Å². The first-order valence-electron chi connectivity index (χ1n) is 5.90. The molecule has 0 aliphatic heterocycles. The molecule has 3 heterocycles. The quantitative estimate of drug-likeness (QED) is 0.742. The summed E-state index contributed by atoms with van der Waals surface area (Å²) < 4.78 is 4.26. The molecule has 0 amide bonds. The van der Waals surface area contributed by atoms with Crippen molar-refractivity contribution in [1.82, 2.24) is 29.5 Å². The summed E-state index contributed by atoms with van der Waals surface area (Å²) in [4.78, 5) is 4.01. The van der Waals surface area contributed by atoms with Crippen molar-refractivity contribution in [2.45, 2.75) is 13.5 Å². The molecular formula is C12H12N6S. The molecule has 96 valence electrons. The van der Waals surface area contributed by atoms with Gasteiger partial charge in [0.1, 0.15) is 0 Å². The van der Waals surface area contributed by atoms with Crippen LogP contribution in [-0.2, 0) is 6.54 Å². The van der Waals surface area contributed by atoms with E-state index in [9.17, 15) is 0 Å². The van der Waals surface area contributed by atoms with Gasteiger partial charge in [-0.15, -0.1) is 0 Å². The minimum Gasteiger partial charge on any atom is -0.271 e. The molecule has 0 aliphatic rings. The normalized spacial score (nSPS) is 10.8. The van der Waals surface area contributed by atoms with Gasteiger partial charge in [-0.3, -0.25) is 19.3 Å². The lowest BCUT2D eigenvalue weighted by atomic mass is 10.2. The van der Waals surface area contributed by atoms with Gasteiger partial charge in [-0.25, -0.2) is 0 Å². The van der Waals surface area contributed by atoms with Crippen molar-refractivity contribution >= 4 is 12.2 Å². The van der Waals surface area contributed by atoms with Gasteiger partial charge in [0.15, 0.2) is 10.6 Å². The molecule has 3 aromatic rings. The van der Waals surface area contributed by atoms with Crippen LogP contribution in [0.4, 0.5) is 0 Å². The summed E-state index contributed by atoms with van der Waals surface area (Å²) in [5.74, 6) is 0.753. The average Bonchev–Trinajstić information content (AvgIpc) is 3.05. The lowest BCUT2D eigenvalue weighted by Gasteiger charge is -2.03. The Morgan fingerprint density at radius 1 is 1.32 bits per heavy atom. The van der Waals surface area contributed by atoms with E-state index in [4.69, 9.17) is 12.2 Å². The summed E-state index contributed by atoms with van der Waals surface area (Å²) in [5.41, 5.74) is 1.85. The summed E-state index contributed by atoms with van der Waals surface area (Å²) in [6, 6.07) is 3.79. The molecule has 3 aromatic heterocycles. The lowest BCUT2D eigenvalue weighted by Crippen LogP contribution is -1.97. The van der Waals surface area contributed by atoms with Crippen LogP contribution in [0.3, 0.4) is 0 Å². The topological polar surface area (TPSA) is 64.3 Å². The van der Waals surface area contributed by atoms with Gasteiger partial charge >= 0.3 is 0 Å². The van der Waals surface area contributed by atoms with Crippen LogP contribution in [0, 0.1) is 4.77 Å². The molecular weight excluding hydrogens is 260 g/mol. The highest BCUT2D eigenvalue weighted by molar-refractivity contribution is 7.71. The predicted octanol–water partition coefficient (Wildman–Crippen LogP) is 2.21. The summed E-state index contributed by atoms with van der Waals surface area (Å²) in [6.45, 7) is 2.85. The Kier molecular flexibility index (Phi) is 2.96. The van der Waals surface area contributed by atoms with Crippen molar-refractivity contribution in [3.63, 3.8) is 0 Å². The Balaban J connectivity index is 2.16. The molecule has 0 unspecified atom stereocenters. The fourth-order valence-electron chi connectivity index (χ4n) is 1.87. The Labute approximate surface area is 114 Å². The number of rotatable bonds is 3. The molecule has 0 aromatic carbocycles. The van der Waals surface area contributed by atoms with E-state index in [1.807, 2.05) is 34.5 Å². The molecule has 0 saturated heterocycles. The predicted molar refractivity (Wildman–Crippen MR) is 73.4 cm³/mol. The molecule has 1 N–H and O–H groups in total. The van der Waals surface area contributed by atoms with E-state index in [2.05, 4.69) is 20.3 Å². The lowest BCUT2D eigenvalue weighted by molar-refractivity contribution is 0.659. The number of hydrogen-bond acceptors (Lipinski definition) is 4. The maximum Gasteiger partial charge on any atom is 0.200 e. The molecule has 3 rings (SSSR count). The number of hydrogen-bond donors (Lipinski definition) is 1. The minimum atomic E-state index is 0.544. The number of H-pyrrole nitrogens is 1. The third-order valence-corrected chi connectivity index (χ3v) is 3.09. The maximum atomic E-state index is 5.29. The average molecular weight is 272 g/mol. The van der Waals surface area contributed by atoms with E-state index in [1.165, 1.54) is 0 Å². The second-order valence-electron chi connectivity index (χ2n) is 3.98. The monoisotopic (exact) mass is 272 g/mol. The van der Waals surface area contributed by atoms with Gasteiger partial charge in [-0.1, -0.05) is 0 Å². The van der Waals surface area contributed by atoms with E-state index in [1.54, 1.807) is 18.6 Å². The van der Waals surface area contributed by atoms with Crippen molar-refractivity contribution in [3.05, 3.63) is 41.7 Å². The van der Waals surface area contributed by atoms with Crippen molar-refractivity contribution in [1.29, 1.82) is 0 Å². The highest BCUT2D eigenvalue weighted by Gasteiger charge is 2.11. The Bertz CT molecular complexity index is 739. The highest BCUT2D eigenvalue weighted by Crippen LogP contribution is 2.20. The molecule has 0 fully saturated rings. The number of aromatic amines is 1. The van der Waals surface area contributed by atoms with Gasteiger partial charge in [0, 0.05) is 30.7 Å². The number of aryl methyl sites for hydroxylation is 1. The minimum absolute atomic E-state index is 0.544. The summed E-state index contributed by atoms with van der Waals surface area (Å²) in [5, 5.41) is 11.4. The Morgan fingerprint density at radius 2 is 2.11 bits per heavy atom. The maximum absolute atomic E-state index is 5.29. The van der Waals surface area contributed by atoms with Crippen LogP contribution < -0.4 is 0 Å². The largest absolute Gasteiger partial charge is 0.271 e. The van der Waals surface area contributed by atoms with Crippen LogP contribution in [0.2, 0.25) is 0 Å². The smallest absolute Gasteiger partial charge is 0.200 e. The van der Waals surface area contributed by atoms with E-state index in [0.717, 1.165) is 23.6 Å². The van der Waals surface area contributed by atoms with Gasteiger partial charge in [0.25, 0.3) is 0 Å². The zero-order chi connectivity index (χ0) is 13.2. The number of nitrogens with one attached hydrogen (secondary N) is 1. The van der Waals surface area contributed by atoms with Crippen molar-refractivity contribution < 1.29 is 0 Å². The molecule has 19 heavy (non-hydrogen) atoms. The third-order valence-electron chi connectivity index (χ3n) is 2.81. The molecule has 0 radical (unpaired) electrons. The molecule has 0 atom stereocenters. The Hall–Kier alpha value is -2.28. The van der Waals surface area contributed by atoms with Crippen LogP contribution in [-0.4, -0.2) is 29.5 Å². The Morgan fingerprint density at radius 3 is 2.79 bits per heavy atom. The van der Waals surface area contributed by atoms with Crippen LogP contribution in [0.15, 0.2) is 36.9 Å². The van der Waals surface area contributed by atoms with Gasteiger partial charge in [0.05, 0.1) is 11.9 Å². The fourth-order valence-corrected chi connectivity index (χ4v) is 2.11. The van der Waals surface area contributed by atoms with E-state index >= 15 is 0 Å². The zero-order valence-electron chi connectivity index (χ0n) is 10.3. The number of pyridine rings is 1. The molecule has 0 bridgehead atoms. The van der Waals surface area contributed by atoms with Crippen molar-refractivity contribution in [2.24, 2.45) is 0 Å². The van der Waals surface area contributed by atoms with Gasteiger partial charge < -0.3 is 0 Å². The van der Waals surface area contributed by atoms with E-state index in [-0.39, 0.29) is 0 Å². The first-order valence-corrected chi connectivity index (χ1v) is 6.31. The third kappa shape index (κ3) is 2.08. The van der Waals surface area contributed by atoms with Gasteiger partial charge in [-0.05, 0) is 31.3 Å². The van der Waals surface area contributed by atoms with Crippen molar-refractivity contribution in [2.75, 3.05) is 0 Å². The van der Waals surface area contributed by atoms with Crippen LogP contribution >= 0.6 is 12.2 Å². The first kappa shape index (κ1) is 11.8. The number of aromatic nitrogens is 6. The molecule has 0 spiro atoms. The molecule has 7 heteroatoms. The van der Waals surface area contributed by atoms with Gasteiger partial charge in [0.2, 0.25) is 0 Å². The molecule has 0 saturated carbocycles. The fraction of sp³-hybridized carbons (Fsp3) is 0.167. The van der Waals surface area contributed by atoms with E-state index < -0.39 is 0 Å². The summed E-state index contributed by atoms with van der Waals surface area (Å²) >= 11 is 5.29.